The van der Waals surface area contributed by atoms with E-state index in [4.69, 9.17) is 26.4 Å². The first-order valence-corrected chi connectivity index (χ1v) is 10.8. The van der Waals surface area contributed by atoms with Crippen LogP contribution in [0.5, 0.6) is 17.2 Å². The lowest BCUT2D eigenvalue weighted by atomic mass is 10.1. The van der Waals surface area contributed by atoms with Crippen LogP contribution < -0.4 is 14.2 Å². The fourth-order valence-corrected chi connectivity index (χ4v) is 4.49. The SMILES string of the molecule is COc1cc(/C=C2\SC(=S)N([C@@H](CCSC)C(=O)O)C2=O)cc(OC)c1OC. The lowest BCUT2D eigenvalue weighted by Gasteiger charge is -2.22. The van der Waals surface area contributed by atoms with Gasteiger partial charge in [0.05, 0.1) is 26.2 Å². The second-order valence-electron chi connectivity index (χ2n) is 5.65. The highest BCUT2D eigenvalue weighted by molar-refractivity contribution is 8.26. The molecule has 28 heavy (non-hydrogen) atoms. The number of carboxylic acids is 1. The summed E-state index contributed by atoms with van der Waals surface area (Å²) >= 11 is 7.88. The Morgan fingerprint density at radius 3 is 2.36 bits per heavy atom. The number of carboxylic acid groups (broad SMARTS) is 1. The summed E-state index contributed by atoms with van der Waals surface area (Å²) in [5.74, 6) is 0.466. The Kier molecular flexibility index (Phi) is 8.02. The minimum Gasteiger partial charge on any atom is -0.493 e. The molecule has 10 heteroatoms. The van der Waals surface area contributed by atoms with E-state index in [-0.39, 0.29) is 4.32 Å². The third-order valence-corrected chi connectivity index (χ3v) is 5.97. The minimum atomic E-state index is -1.07. The number of ether oxygens (including phenoxy) is 3. The van der Waals surface area contributed by atoms with Crippen LogP contribution in [0.15, 0.2) is 17.0 Å². The molecule has 0 aliphatic carbocycles. The molecule has 1 saturated heterocycles. The first-order chi connectivity index (χ1) is 13.4. The number of hydrogen-bond donors (Lipinski definition) is 1. The molecule has 1 aromatic rings. The molecule has 0 spiro atoms. The van der Waals surface area contributed by atoms with E-state index in [1.165, 1.54) is 38.0 Å². The smallest absolute Gasteiger partial charge is 0.326 e. The molecule has 152 valence electrons. The van der Waals surface area contributed by atoms with Crippen LogP contribution in [0, 0.1) is 0 Å². The fraction of sp³-hybridized carbons (Fsp3) is 0.389. The number of benzene rings is 1. The van der Waals surface area contributed by atoms with Crippen molar-refractivity contribution in [2.75, 3.05) is 33.3 Å². The standard InChI is InChI=1S/C18H21NO6S3/c1-23-12-7-10(8-13(24-2)15(12)25-3)9-14-16(20)19(18(26)28-14)11(17(21)22)5-6-27-4/h7-9,11H,5-6H2,1-4H3,(H,21,22)/b14-9-/t11-/m0/s1. The zero-order valence-electron chi connectivity index (χ0n) is 15.9. The molecule has 1 amide bonds. The average Bonchev–Trinajstić information content (AvgIpc) is 2.94. The topological polar surface area (TPSA) is 85.3 Å². The number of carbonyl (C=O) groups excluding carboxylic acids is 1. The van der Waals surface area contributed by atoms with Crippen molar-refractivity contribution >= 4 is 58.0 Å². The van der Waals surface area contributed by atoms with Crippen molar-refractivity contribution < 1.29 is 28.9 Å². The van der Waals surface area contributed by atoms with E-state index < -0.39 is 17.9 Å². The van der Waals surface area contributed by atoms with Gasteiger partial charge < -0.3 is 19.3 Å². The van der Waals surface area contributed by atoms with Crippen LogP contribution in [-0.2, 0) is 9.59 Å². The Hall–Kier alpha value is -1.91. The van der Waals surface area contributed by atoms with Gasteiger partial charge in [-0.05, 0) is 42.2 Å². The van der Waals surface area contributed by atoms with E-state index >= 15 is 0 Å². The van der Waals surface area contributed by atoms with Crippen molar-refractivity contribution in [2.45, 2.75) is 12.5 Å². The van der Waals surface area contributed by atoms with Gasteiger partial charge in [-0.3, -0.25) is 9.69 Å². The molecule has 1 atom stereocenters. The Labute approximate surface area is 177 Å². The lowest BCUT2D eigenvalue weighted by molar-refractivity contribution is -0.145. The van der Waals surface area contributed by atoms with Crippen LogP contribution in [0.2, 0.25) is 0 Å². The van der Waals surface area contributed by atoms with E-state index in [0.29, 0.717) is 39.9 Å². The molecular formula is C18H21NO6S3. The van der Waals surface area contributed by atoms with Gasteiger partial charge in [0.2, 0.25) is 5.75 Å². The second kappa shape index (κ2) is 10.0. The number of aliphatic carboxylic acids is 1. The summed E-state index contributed by atoms with van der Waals surface area (Å²) < 4.78 is 16.2. The molecule has 0 saturated carbocycles. The summed E-state index contributed by atoms with van der Waals surface area (Å²) in [6.07, 6.45) is 3.84. The van der Waals surface area contributed by atoms with Gasteiger partial charge in [-0.1, -0.05) is 24.0 Å². The van der Waals surface area contributed by atoms with Gasteiger partial charge in [0.1, 0.15) is 10.4 Å². The summed E-state index contributed by atoms with van der Waals surface area (Å²) in [5, 5.41) is 9.53. The first-order valence-electron chi connectivity index (χ1n) is 8.16. The van der Waals surface area contributed by atoms with Crippen molar-refractivity contribution in [1.82, 2.24) is 4.90 Å². The molecule has 1 fully saturated rings. The van der Waals surface area contributed by atoms with Crippen LogP contribution in [0.1, 0.15) is 12.0 Å². The molecule has 1 aromatic carbocycles. The normalized spacial score (nSPS) is 16.4. The number of amides is 1. The Morgan fingerprint density at radius 2 is 1.89 bits per heavy atom. The zero-order valence-corrected chi connectivity index (χ0v) is 18.3. The highest BCUT2D eigenvalue weighted by Crippen LogP contribution is 2.40. The van der Waals surface area contributed by atoms with E-state index in [1.54, 1.807) is 18.2 Å². The monoisotopic (exact) mass is 443 g/mol. The van der Waals surface area contributed by atoms with Gasteiger partial charge in [-0.25, -0.2) is 4.79 Å². The molecule has 2 rings (SSSR count). The molecule has 1 N–H and O–H groups in total. The number of methoxy groups -OCH3 is 3. The number of rotatable bonds is 9. The molecule has 0 unspecified atom stereocenters. The van der Waals surface area contributed by atoms with Crippen molar-refractivity contribution in [2.24, 2.45) is 0 Å². The van der Waals surface area contributed by atoms with Crippen molar-refractivity contribution in [3.8, 4) is 17.2 Å². The predicted octanol–water partition coefficient (Wildman–Crippen LogP) is 3.12. The summed E-state index contributed by atoms with van der Waals surface area (Å²) in [5.41, 5.74) is 0.644. The van der Waals surface area contributed by atoms with E-state index in [9.17, 15) is 14.7 Å². The third-order valence-electron chi connectivity index (χ3n) is 4.00. The molecule has 7 nitrogen and oxygen atoms in total. The number of thioether (sulfide) groups is 2. The zero-order chi connectivity index (χ0) is 20.8. The number of hydrogen-bond acceptors (Lipinski definition) is 8. The fourth-order valence-electron chi connectivity index (χ4n) is 2.68. The van der Waals surface area contributed by atoms with Gasteiger partial charge in [-0.2, -0.15) is 11.8 Å². The van der Waals surface area contributed by atoms with Gasteiger partial charge >= 0.3 is 5.97 Å². The highest BCUT2D eigenvalue weighted by atomic mass is 32.2. The van der Waals surface area contributed by atoms with E-state index in [0.717, 1.165) is 11.8 Å². The molecule has 1 heterocycles. The number of nitrogens with zero attached hydrogens (tertiary/aromatic N) is 1. The largest absolute Gasteiger partial charge is 0.493 e. The molecule has 1 aliphatic heterocycles. The molecule has 0 aromatic heterocycles. The summed E-state index contributed by atoms with van der Waals surface area (Å²) in [4.78, 5) is 26.0. The van der Waals surface area contributed by atoms with Gasteiger partial charge in [0.15, 0.2) is 11.5 Å². The minimum absolute atomic E-state index is 0.234. The average molecular weight is 444 g/mol. The summed E-state index contributed by atoms with van der Waals surface area (Å²) in [6.45, 7) is 0. The van der Waals surface area contributed by atoms with Gasteiger partial charge in [0.25, 0.3) is 5.91 Å². The summed E-state index contributed by atoms with van der Waals surface area (Å²) in [6, 6.07) is 2.43. The van der Waals surface area contributed by atoms with Gasteiger partial charge in [0, 0.05) is 0 Å². The van der Waals surface area contributed by atoms with Crippen LogP contribution in [0.4, 0.5) is 0 Å². The van der Waals surface area contributed by atoms with Crippen LogP contribution in [0.25, 0.3) is 6.08 Å². The molecule has 1 aliphatic rings. The van der Waals surface area contributed by atoms with Crippen molar-refractivity contribution in [3.63, 3.8) is 0 Å². The second-order valence-corrected chi connectivity index (χ2v) is 8.31. The van der Waals surface area contributed by atoms with E-state index in [1.807, 2.05) is 6.26 Å². The maximum atomic E-state index is 12.9. The van der Waals surface area contributed by atoms with Crippen molar-refractivity contribution in [3.05, 3.63) is 22.6 Å². The maximum absolute atomic E-state index is 12.9. The Morgan fingerprint density at radius 1 is 1.29 bits per heavy atom. The maximum Gasteiger partial charge on any atom is 0.326 e. The number of thiocarbonyl (C=S) groups is 1. The van der Waals surface area contributed by atoms with Crippen LogP contribution in [0.3, 0.4) is 0 Å². The Balaban J connectivity index is 2.39. The lowest BCUT2D eigenvalue weighted by Crippen LogP contribution is -2.44. The Bertz CT molecular complexity index is 786. The van der Waals surface area contributed by atoms with Gasteiger partial charge in [-0.15, -0.1) is 0 Å². The third kappa shape index (κ3) is 4.73. The van der Waals surface area contributed by atoms with Crippen LogP contribution >= 0.6 is 35.7 Å². The molecule has 0 radical (unpaired) electrons. The van der Waals surface area contributed by atoms with E-state index in [2.05, 4.69) is 0 Å². The number of carbonyl (C=O) groups is 2. The molecular weight excluding hydrogens is 422 g/mol. The van der Waals surface area contributed by atoms with Crippen molar-refractivity contribution in [1.29, 1.82) is 0 Å². The molecule has 0 bridgehead atoms. The predicted molar refractivity (Wildman–Crippen MR) is 116 cm³/mol. The first kappa shape index (κ1) is 22.4. The quantitative estimate of drug-likeness (QED) is 0.457. The summed E-state index contributed by atoms with van der Waals surface area (Å²) in [7, 11) is 4.51. The van der Waals surface area contributed by atoms with Crippen LogP contribution in [-0.4, -0.2) is 65.6 Å². The highest BCUT2D eigenvalue weighted by Gasteiger charge is 2.40.